The lowest BCUT2D eigenvalue weighted by atomic mass is 10.0. The summed E-state index contributed by atoms with van der Waals surface area (Å²) in [6.07, 6.45) is 0.765. The van der Waals surface area contributed by atoms with Gasteiger partial charge in [-0.25, -0.2) is 0 Å². The van der Waals surface area contributed by atoms with E-state index in [1.165, 1.54) is 12.1 Å². The lowest BCUT2D eigenvalue weighted by Crippen LogP contribution is -2.60. The first-order chi connectivity index (χ1) is 18.6. The van der Waals surface area contributed by atoms with E-state index in [9.17, 15) is 24.3 Å². The molecule has 0 spiro atoms. The Morgan fingerprint density at radius 3 is 1.95 bits per heavy atom. The van der Waals surface area contributed by atoms with Gasteiger partial charge in [-0.3, -0.25) is 24.2 Å². The number of carbonyl (C=O) groups is 4. The van der Waals surface area contributed by atoms with Crippen LogP contribution < -0.4 is 32.7 Å². The fourth-order valence-corrected chi connectivity index (χ4v) is 4.12. The van der Waals surface area contributed by atoms with Crippen molar-refractivity contribution >= 4 is 41.2 Å². The van der Waals surface area contributed by atoms with E-state index >= 15 is 0 Å². The average molecular weight is 558 g/mol. The summed E-state index contributed by atoms with van der Waals surface area (Å²) in [5, 5.41) is 20.7. The number of carbonyl (C=O) groups excluding carboxylic acids is 4. The number of amides is 4. The van der Waals surface area contributed by atoms with Crippen LogP contribution in [0.2, 0.25) is 5.02 Å². The number of nitrogens with one attached hydrogen (secondary N) is 4. The summed E-state index contributed by atoms with van der Waals surface area (Å²) in [5.41, 5.74) is 12.1. The van der Waals surface area contributed by atoms with Crippen molar-refractivity contribution in [3.8, 4) is 5.75 Å². The van der Waals surface area contributed by atoms with Crippen LogP contribution in [-0.2, 0) is 32.0 Å². The number of phenolic OH excluding ortho intramolecular Hbond substituents is 1. The molecule has 3 atom stereocenters. The number of guanidine groups is 1. The predicted molar refractivity (Wildman–Crippen MR) is 146 cm³/mol. The first-order valence-electron chi connectivity index (χ1n) is 12.4. The second-order valence-electron chi connectivity index (χ2n) is 9.11. The molecule has 0 radical (unpaired) electrons. The van der Waals surface area contributed by atoms with Crippen LogP contribution in [0.5, 0.6) is 5.75 Å². The summed E-state index contributed by atoms with van der Waals surface area (Å²) in [5.74, 6) is -2.34. The summed E-state index contributed by atoms with van der Waals surface area (Å²) in [6, 6.07) is 9.86. The Hall–Kier alpha value is -4.32. The number of hydrogen-bond donors (Lipinski definition) is 7. The van der Waals surface area contributed by atoms with Gasteiger partial charge in [0.2, 0.25) is 23.6 Å². The largest absolute Gasteiger partial charge is 0.508 e. The third-order valence-electron chi connectivity index (χ3n) is 6.02. The molecule has 0 bridgehead atoms. The average Bonchev–Trinajstić information content (AvgIpc) is 2.89. The Labute approximate surface area is 230 Å². The number of halogens is 1. The first kappa shape index (κ1) is 29.2. The fourth-order valence-electron chi connectivity index (χ4n) is 4.00. The minimum atomic E-state index is -1.08. The van der Waals surface area contributed by atoms with Crippen molar-refractivity contribution in [1.29, 1.82) is 0 Å². The fraction of sp³-hybridized carbons (Fsp3) is 0.346. The van der Waals surface area contributed by atoms with Gasteiger partial charge in [-0.1, -0.05) is 35.9 Å². The monoisotopic (exact) mass is 557 g/mol. The number of nitrogens with zero attached hydrogens (tertiary/aromatic N) is 1. The standard InChI is InChI=1S/C26H32ClN7O5/c27-17-7-3-15(4-8-17)12-20-24(38)34-21(13-16-5-9-18(35)10-6-16)25(39)33-19(2-1-11-30-26(28)29)23(37)31-14-22(36)32-20/h3-10,19-21,35H,1-2,11-14H2,(H,31,37)(H,32,36)(H,33,39)(H,34,38)(H4,28,29,30)/t19-,20+,21+/m1/s1. The number of benzene rings is 2. The predicted octanol–water partition coefficient (Wildman–Crippen LogP) is -0.531. The van der Waals surface area contributed by atoms with E-state index < -0.39 is 41.8 Å². The van der Waals surface area contributed by atoms with Gasteiger partial charge in [0.1, 0.15) is 23.9 Å². The highest BCUT2D eigenvalue weighted by Crippen LogP contribution is 2.14. The molecule has 4 amide bonds. The zero-order valence-electron chi connectivity index (χ0n) is 21.2. The van der Waals surface area contributed by atoms with Crippen LogP contribution in [0.1, 0.15) is 24.0 Å². The number of aliphatic imine (C=N–C) groups is 1. The molecule has 0 saturated carbocycles. The van der Waals surface area contributed by atoms with Crippen molar-refractivity contribution < 1.29 is 24.3 Å². The molecule has 1 aliphatic heterocycles. The summed E-state index contributed by atoms with van der Waals surface area (Å²) < 4.78 is 0. The molecule has 1 heterocycles. The van der Waals surface area contributed by atoms with E-state index in [2.05, 4.69) is 26.3 Å². The third kappa shape index (κ3) is 9.49. The Bertz CT molecular complexity index is 1200. The van der Waals surface area contributed by atoms with Crippen LogP contribution in [-0.4, -0.2) is 65.9 Å². The number of rotatable bonds is 8. The van der Waals surface area contributed by atoms with Gasteiger partial charge in [-0.2, -0.15) is 0 Å². The minimum absolute atomic E-state index is 0.0502. The maximum Gasteiger partial charge on any atom is 0.243 e. The zero-order valence-corrected chi connectivity index (χ0v) is 21.9. The molecule has 3 rings (SSSR count). The van der Waals surface area contributed by atoms with Crippen molar-refractivity contribution in [3.05, 3.63) is 64.7 Å². The Balaban J connectivity index is 1.86. The van der Waals surface area contributed by atoms with Crippen LogP contribution in [0.4, 0.5) is 0 Å². The Morgan fingerprint density at radius 2 is 1.36 bits per heavy atom. The van der Waals surface area contributed by atoms with E-state index in [4.69, 9.17) is 23.1 Å². The minimum Gasteiger partial charge on any atom is -0.508 e. The molecule has 39 heavy (non-hydrogen) atoms. The SMILES string of the molecule is NC(N)=NCCC[C@H]1NC(=O)[C@H](Cc2ccc(O)cc2)NC(=O)[C@H](Cc2ccc(Cl)cc2)NC(=O)CNC1=O. The molecule has 13 heteroatoms. The molecular weight excluding hydrogens is 526 g/mol. The summed E-state index contributed by atoms with van der Waals surface area (Å²) in [4.78, 5) is 56.2. The van der Waals surface area contributed by atoms with Crippen LogP contribution in [0.15, 0.2) is 53.5 Å². The highest BCUT2D eigenvalue weighted by molar-refractivity contribution is 6.30. The smallest absolute Gasteiger partial charge is 0.243 e. The highest BCUT2D eigenvalue weighted by atomic mass is 35.5. The zero-order chi connectivity index (χ0) is 28.4. The van der Waals surface area contributed by atoms with E-state index in [0.29, 0.717) is 17.0 Å². The van der Waals surface area contributed by atoms with Crippen molar-refractivity contribution in [2.45, 2.75) is 43.8 Å². The quantitative estimate of drug-likeness (QED) is 0.128. The Kier molecular flexibility index (Phi) is 10.5. The van der Waals surface area contributed by atoms with Crippen molar-refractivity contribution in [3.63, 3.8) is 0 Å². The maximum absolute atomic E-state index is 13.4. The normalized spacial score (nSPS) is 20.4. The second kappa shape index (κ2) is 14.0. The Morgan fingerprint density at radius 1 is 0.821 bits per heavy atom. The molecular formula is C26H32ClN7O5. The number of aromatic hydroxyl groups is 1. The first-order valence-corrected chi connectivity index (χ1v) is 12.7. The summed E-state index contributed by atoms with van der Waals surface area (Å²) >= 11 is 5.96. The molecule has 9 N–H and O–H groups in total. The topological polar surface area (TPSA) is 201 Å². The van der Waals surface area contributed by atoms with E-state index in [-0.39, 0.29) is 44.1 Å². The van der Waals surface area contributed by atoms with E-state index in [0.717, 1.165) is 5.56 Å². The molecule has 2 aromatic rings. The summed E-state index contributed by atoms with van der Waals surface area (Å²) in [6.45, 7) is -0.150. The van der Waals surface area contributed by atoms with Gasteiger partial charge >= 0.3 is 0 Å². The molecule has 0 aliphatic carbocycles. The highest BCUT2D eigenvalue weighted by Gasteiger charge is 2.31. The van der Waals surface area contributed by atoms with Crippen LogP contribution in [0.3, 0.4) is 0 Å². The molecule has 1 fully saturated rings. The molecule has 1 saturated heterocycles. The van der Waals surface area contributed by atoms with Crippen molar-refractivity contribution in [2.24, 2.45) is 16.5 Å². The molecule has 0 aromatic heterocycles. The summed E-state index contributed by atoms with van der Waals surface area (Å²) in [7, 11) is 0. The van der Waals surface area contributed by atoms with Crippen LogP contribution in [0.25, 0.3) is 0 Å². The molecule has 12 nitrogen and oxygen atoms in total. The van der Waals surface area contributed by atoms with Crippen LogP contribution >= 0.6 is 11.6 Å². The number of hydrogen-bond acceptors (Lipinski definition) is 6. The van der Waals surface area contributed by atoms with Gasteiger partial charge < -0.3 is 37.8 Å². The second-order valence-corrected chi connectivity index (χ2v) is 9.55. The molecule has 208 valence electrons. The number of phenols is 1. The lowest BCUT2D eigenvalue weighted by molar-refractivity contribution is -0.135. The van der Waals surface area contributed by atoms with Crippen LogP contribution in [0, 0.1) is 0 Å². The maximum atomic E-state index is 13.4. The molecule has 1 aliphatic rings. The third-order valence-corrected chi connectivity index (χ3v) is 6.27. The van der Waals surface area contributed by atoms with Crippen molar-refractivity contribution in [1.82, 2.24) is 21.3 Å². The lowest BCUT2D eigenvalue weighted by Gasteiger charge is -2.27. The van der Waals surface area contributed by atoms with Gasteiger partial charge in [0.25, 0.3) is 0 Å². The van der Waals surface area contributed by atoms with Gasteiger partial charge in [-0.15, -0.1) is 0 Å². The molecule has 0 unspecified atom stereocenters. The van der Waals surface area contributed by atoms with Gasteiger partial charge in [0.15, 0.2) is 5.96 Å². The van der Waals surface area contributed by atoms with Gasteiger partial charge in [-0.05, 0) is 48.2 Å². The van der Waals surface area contributed by atoms with Gasteiger partial charge in [0, 0.05) is 24.4 Å². The number of nitrogens with two attached hydrogens (primary N) is 2. The van der Waals surface area contributed by atoms with E-state index in [1.807, 2.05) is 0 Å². The van der Waals surface area contributed by atoms with E-state index in [1.54, 1.807) is 36.4 Å². The van der Waals surface area contributed by atoms with Gasteiger partial charge in [0.05, 0.1) is 6.54 Å². The van der Waals surface area contributed by atoms with Crippen molar-refractivity contribution in [2.75, 3.05) is 13.1 Å². The molecule has 2 aromatic carbocycles.